The summed E-state index contributed by atoms with van der Waals surface area (Å²) in [5.74, 6) is -0.484. The zero-order chi connectivity index (χ0) is 17.1. The Morgan fingerprint density at radius 3 is 2.92 bits per heavy atom. The molecule has 1 fully saturated rings. The number of amides is 2. The molecule has 3 rings (SSSR count). The quantitative estimate of drug-likeness (QED) is 0.903. The van der Waals surface area contributed by atoms with Gasteiger partial charge in [-0.3, -0.25) is 19.3 Å². The van der Waals surface area contributed by atoms with Crippen molar-refractivity contribution < 1.29 is 9.59 Å². The number of hydrogen-bond donors (Lipinski definition) is 1. The van der Waals surface area contributed by atoms with Crippen LogP contribution in [0.5, 0.6) is 0 Å². The molecule has 2 amide bonds. The highest BCUT2D eigenvalue weighted by molar-refractivity contribution is 6.00. The van der Waals surface area contributed by atoms with E-state index >= 15 is 0 Å². The number of hydrogen-bond acceptors (Lipinski definition) is 4. The highest BCUT2D eigenvalue weighted by atomic mass is 16.2. The van der Waals surface area contributed by atoms with E-state index in [1.807, 2.05) is 32.2 Å². The molecule has 0 saturated carbocycles. The minimum atomic E-state index is -0.337. The second-order valence-electron chi connectivity index (χ2n) is 6.26. The van der Waals surface area contributed by atoms with Crippen molar-refractivity contribution in [1.29, 1.82) is 0 Å². The van der Waals surface area contributed by atoms with Gasteiger partial charge in [-0.25, -0.2) is 0 Å². The normalized spacial score (nSPS) is 17.5. The lowest BCUT2D eigenvalue weighted by molar-refractivity contribution is -0.126. The minimum absolute atomic E-state index is 0.0418. The Kier molecular flexibility index (Phi) is 4.59. The van der Waals surface area contributed by atoms with Crippen LogP contribution in [0.15, 0.2) is 36.9 Å². The number of carbonyl (C=O) groups excluding carboxylic acids is 2. The number of rotatable bonds is 5. The van der Waals surface area contributed by atoms with Gasteiger partial charge in [0.25, 0.3) is 0 Å². The fourth-order valence-electron chi connectivity index (χ4n) is 2.72. The van der Waals surface area contributed by atoms with E-state index in [0.717, 1.165) is 11.3 Å². The first kappa shape index (κ1) is 16.2. The van der Waals surface area contributed by atoms with Crippen LogP contribution < -0.4 is 10.2 Å². The molecular formula is C17H21N5O2. The zero-order valence-corrected chi connectivity index (χ0v) is 13.8. The SMILES string of the molecule is CC(C)n1cc(N2C[C@H](C(=O)NCc3cccnc3)CC2=O)cn1. The van der Waals surface area contributed by atoms with Crippen molar-refractivity contribution in [1.82, 2.24) is 20.1 Å². The van der Waals surface area contributed by atoms with Crippen molar-refractivity contribution in [2.45, 2.75) is 32.9 Å². The van der Waals surface area contributed by atoms with E-state index in [9.17, 15) is 9.59 Å². The van der Waals surface area contributed by atoms with Crippen LogP contribution in [-0.2, 0) is 16.1 Å². The van der Waals surface area contributed by atoms with Crippen LogP contribution in [0.25, 0.3) is 0 Å². The average Bonchev–Trinajstić information content (AvgIpc) is 3.20. The molecule has 2 aromatic heterocycles. The molecule has 3 heterocycles. The molecule has 126 valence electrons. The monoisotopic (exact) mass is 327 g/mol. The number of pyridine rings is 1. The number of aromatic nitrogens is 3. The fourth-order valence-corrected chi connectivity index (χ4v) is 2.72. The maximum absolute atomic E-state index is 12.3. The summed E-state index contributed by atoms with van der Waals surface area (Å²) in [5.41, 5.74) is 1.68. The largest absolute Gasteiger partial charge is 0.352 e. The molecule has 24 heavy (non-hydrogen) atoms. The molecule has 0 aliphatic carbocycles. The van der Waals surface area contributed by atoms with Crippen molar-refractivity contribution in [2.24, 2.45) is 5.92 Å². The lowest BCUT2D eigenvalue weighted by Crippen LogP contribution is -2.32. The van der Waals surface area contributed by atoms with Crippen molar-refractivity contribution in [3.05, 3.63) is 42.5 Å². The Balaban J connectivity index is 1.60. The van der Waals surface area contributed by atoms with Crippen LogP contribution in [0.3, 0.4) is 0 Å². The second kappa shape index (κ2) is 6.82. The van der Waals surface area contributed by atoms with Gasteiger partial charge in [-0.1, -0.05) is 6.07 Å². The maximum Gasteiger partial charge on any atom is 0.227 e. The van der Waals surface area contributed by atoms with Crippen molar-refractivity contribution in [2.75, 3.05) is 11.4 Å². The summed E-state index contributed by atoms with van der Waals surface area (Å²) in [4.78, 5) is 30.2. The van der Waals surface area contributed by atoms with Gasteiger partial charge in [0.1, 0.15) is 0 Å². The van der Waals surface area contributed by atoms with Crippen LogP contribution in [-0.4, -0.2) is 33.1 Å². The van der Waals surface area contributed by atoms with Gasteiger partial charge in [-0.05, 0) is 25.5 Å². The lowest BCUT2D eigenvalue weighted by atomic mass is 10.1. The highest BCUT2D eigenvalue weighted by Gasteiger charge is 2.35. The summed E-state index contributed by atoms with van der Waals surface area (Å²) >= 11 is 0. The molecule has 0 spiro atoms. The van der Waals surface area contributed by atoms with E-state index in [1.54, 1.807) is 28.2 Å². The van der Waals surface area contributed by atoms with Crippen LogP contribution in [0.1, 0.15) is 31.9 Å². The summed E-state index contributed by atoms with van der Waals surface area (Å²) in [5, 5.41) is 7.13. The van der Waals surface area contributed by atoms with Gasteiger partial charge in [0.2, 0.25) is 11.8 Å². The van der Waals surface area contributed by atoms with Gasteiger partial charge in [0.15, 0.2) is 0 Å². The van der Waals surface area contributed by atoms with Crippen LogP contribution in [0.4, 0.5) is 5.69 Å². The molecular weight excluding hydrogens is 306 g/mol. The Morgan fingerprint density at radius 2 is 2.25 bits per heavy atom. The molecule has 1 aliphatic rings. The maximum atomic E-state index is 12.3. The Hall–Kier alpha value is -2.70. The first-order valence-corrected chi connectivity index (χ1v) is 8.05. The smallest absolute Gasteiger partial charge is 0.227 e. The van der Waals surface area contributed by atoms with Crippen molar-refractivity contribution >= 4 is 17.5 Å². The third-order valence-electron chi connectivity index (χ3n) is 4.11. The van der Waals surface area contributed by atoms with E-state index in [1.165, 1.54) is 0 Å². The van der Waals surface area contributed by atoms with E-state index in [4.69, 9.17) is 0 Å². The summed E-state index contributed by atoms with van der Waals surface area (Å²) < 4.78 is 1.80. The molecule has 0 unspecified atom stereocenters. The van der Waals surface area contributed by atoms with Gasteiger partial charge < -0.3 is 10.2 Å². The van der Waals surface area contributed by atoms with E-state index in [0.29, 0.717) is 13.1 Å². The molecule has 7 nitrogen and oxygen atoms in total. The number of nitrogens with zero attached hydrogens (tertiary/aromatic N) is 4. The molecule has 1 atom stereocenters. The van der Waals surface area contributed by atoms with Crippen molar-refractivity contribution in [3.8, 4) is 0 Å². The van der Waals surface area contributed by atoms with Gasteiger partial charge in [0, 0.05) is 44.1 Å². The standard InChI is InChI=1S/C17H21N5O2/c1-12(2)22-11-15(9-20-22)21-10-14(6-16(21)23)17(24)19-8-13-4-3-5-18-7-13/h3-5,7,9,11-12,14H,6,8,10H2,1-2H3,(H,19,24)/t14-/m1/s1. The lowest BCUT2D eigenvalue weighted by Gasteiger charge is -2.14. The Bertz CT molecular complexity index is 726. The number of carbonyl (C=O) groups is 2. The molecule has 0 bridgehead atoms. The molecule has 1 N–H and O–H groups in total. The first-order valence-electron chi connectivity index (χ1n) is 8.05. The number of anilines is 1. The van der Waals surface area contributed by atoms with E-state index in [-0.39, 0.29) is 30.2 Å². The van der Waals surface area contributed by atoms with Crippen LogP contribution in [0, 0.1) is 5.92 Å². The Morgan fingerprint density at radius 1 is 1.42 bits per heavy atom. The highest BCUT2D eigenvalue weighted by Crippen LogP contribution is 2.25. The van der Waals surface area contributed by atoms with Crippen LogP contribution in [0.2, 0.25) is 0 Å². The molecule has 7 heteroatoms. The van der Waals surface area contributed by atoms with Gasteiger partial charge in [-0.15, -0.1) is 0 Å². The second-order valence-corrected chi connectivity index (χ2v) is 6.26. The fraction of sp³-hybridized carbons (Fsp3) is 0.412. The molecule has 0 aromatic carbocycles. The van der Waals surface area contributed by atoms with Crippen molar-refractivity contribution in [3.63, 3.8) is 0 Å². The third kappa shape index (κ3) is 3.45. The van der Waals surface area contributed by atoms with Gasteiger partial charge >= 0.3 is 0 Å². The average molecular weight is 327 g/mol. The Labute approximate surface area is 140 Å². The van der Waals surface area contributed by atoms with E-state index < -0.39 is 0 Å². The number of nitrogens with one attached hydrogen (secondary N) is 1. The van der Waals surface area contributed by atoms with Gasteiger partial charge in [0.05, 0.1) is 17.8 Å². The molecule has 1 saturated heterocycles. The molecule has 2 aromatic rings. The topological polar surface area (TPSA) is 80.1 Å². The zero-order valence-electron chi connectivity index (χ0n) is 13.8. The molecule has 0 radical (unpaired) electrons. The van der Waals surface area contributed by atoms with Crippen LogP contribution >= 0.6 is 0 Å². The van der Waals surface area contributed by atoms with E-state index in [2.05, 4.69) is 15.4 Å². The van der Waals surface area contributed by atoms with Gasteiger partial charge in [-0.2, -0.15) is 5.10 Å². The first-order chi connectivity index (χ1) is 11.5. The predicted octanol–water partition coefficient (Wildman–Crippen LogP) is 1.53. The third-order valence-corrected chi connectivity index (χ3v) is 4.11. The summed E-state index contributed by atoms with van der Waals surface area (Å²) in [6.07, 6.45) is 7.15. The summed E-state index contributed by atoms with van der Waals surface area (Å²) in [6, 6.07) is 3.96. The predicted molar refractivity (Wildman–Crippen MR) is 89.2 cm³/mol. The molecule has 1 aliphatic heterocycles. The summed E-state index contributed by atoms with van der Waals surface area (Å²) in [7, 11) is 0. The minimum Gasteiger partial charge on any atom is -0.352 e. The summed E-state index contributed by atoms with van der Waals surface area (Å²) in [6.45, 7) is 4.86.